The third kappa shape index (κ3) is 4.35. The van der Waals surface area contributed by atoms with Crippen molar-refractivity contribution in [1.82, 2.24) is 9.97 Å². The van der Waals surface area contributed by atoms with Gasteiger partial charge in [0.1, 0.15) is 0 Å². The zero-order valence-corrected chi connectivity index (χ0v) is 20.1. The molecule has 0 unspecified atom stereocenters. The highest BCUT2D eigenvalue weighted by Crippen LogP contribution is 2.28. The smallest absolute Gasteiger partial charge is 0.347 e. The van der Waals surface area contributed by atoms with E-state index < -0.39 is 21.1 Å². The van der Waals surface area contributed by atoms with E-state index in [2.05, 4.69) is 9.97 Å². The average molecular weight is 534 g/mol. The minimum Gasteiger partial charge on any atom is -0.403 e. The molecule has 12 heteroatoms. The van der Waals surface area contributed by atoms with Crippen LogP contribution in [0.5, 0.6) is 0 Å². The van der Waals surface area contributed by atoms with E-state index in [9.17, 15) is 29.8 Å². The predicted octanol–water partition coefficient (Wildman–Crippen LogP) is 5.51. The lowest BCUT2D eigenvalue weighted by Crippen LogP contribution is -2.04. The first-order chi connectivity index (χ1) is 19.3. The highest BCUT2D eigenvalue weighted by Gasteiger charge is 2.14. The molecule has 0 amide bonds. The highest BCUT2D eigenvalue weighted by molar-refractivity contribution is 5.88. The molecule has 0 atom stereocenters. The van der Waals surface area contributed by atoms with Gasteiger partial charge in [-0.15, -0.1) is 0 Å². The Morgan fingerprint density at radius 3 is 1.23 bits per heavy atom. The van der Waals surface area contributed by atoms with Crippen molar-refractivity contribution in [2.24, 2.45) is 0 Å². The van der Waals surface area contributed by atoms with E-state index in [1.807, 2.05) is 0 Å². The lowest BCUT2D eigenvalue weighted by Gasteiger charge is -2.07. The Morgan fingerprint density at radius 2 is 0.875 bits per heavy atom. The Labute approximate surface area is 222 Å². The molecule has 0 aliphatic carbocycles. The Kier molecular flexibility index (Phi) is 5.69. The number of non-ortho nitro benzene ring substituents is 2. The number of aromatic nitrogens is 2. The molecule has 6 rings (SSSR count). The molecule has 0 N–H and O–H groups in total. The summed E-state index contributed by atoms with van der Waals surface area (Å²) in [7, 11) is 0. The van der Waals surface area contributed by atoms with Gasteiger partial charge in [0.15, 0.2) is 0 Å². The topological polar surface area (TPSA) is 172 Å². The second kappa shape index (κ2) is 9.36. The van der Waals surface area contributed by atoms with Gasteiger partial charge in [0.25, 0.3) is 11.4 Å². The molecule has 2 heterocycles. The van der Waals surface area contributed by atoms with Gasteiger partial charge < -0.3 is 8.83 Å². The van der Waals surface area contributed by atoms with Crippen molar-refractivity contribution < 1.29 is 18.7 Å². The maximum Gasteiger partial charge on any atom is 0.347 e. The molecule has 194 valence electrons. The van der Waals surface area contributed by atoms with Crippen LogP contribution in [0.1, 0.15) is 0 Å². The maximum atomic E-state index is 12.8. The summed E-state index contributed by atoms with van der Waals surface area (Å²) in [5.41, 5.74) is 1.30. The molecule has 4 aromatic carbocycles. The van der Waals surface area contributed by atoms with Crippen molar-refractivity contribution in [3.05, 3.63) is 126 Å². The largest absolute Gasteiger partial charge is 0.403 e. The van der Waals surface area contributed by atoms with Crippen LogP contribution in [-0.4, -0.2) is 19.8 Å². The van der Waals surface area contributed by atoms with Crippen molar-refractivity contribution in [2.75, 3.05) is 0 Å². The second-order valence-electron chi connectivity index (χ2n) is 8.68. The lowest BCUT2D eigenvalue weighted by molar-refractivity contribution is -0.385. The Balaban J connectivity index is 1.36. The normalized spacial score (nSPS) is 11.1. The van der Waals surface area contributed by atoms with E-state index in [4.69, 9.17) is 8.83 Å². The van der Waals surface area contributed by atoms with Crippen LogP contribution < -0.4 is 11.3 Å². The second-order valence-corrected chi connectivity index (χ2v) is 8.68. The summed E-state index contributed by atoms with van der Waals surface area (Å²) >= 11 is 0. The zero-order chi connectivity index (χ0) is 28.0. The Bertz CT molecular complexity index is 1950. The number of rotatable bonds is 5. The SMILES string of the molecule is O=c1oc(-c2ccc([N+](=O)[O-])cc2)nc2ccc(-c3ccc4nc(-c5ccc([N+](=O)[O-])cc5)oc(=O)c4c3)cc12. The molecule has 0 bridgehead atoms. The number of hydrogen-bond acceptors (Lipinski definition) is 10. The van der Waals surface area contributed by atoms with Gasteiger partial charge in [-0.25, -0.2) is 19.6 Å². The summed E-state index contributed by atoms with van der Waals surface area (Å²) in [4.78, 5) is 55.1. The molecule has 0 fully saturated rings. The number of benzene rings is 4. The first-order valence-corrected chi connectivity index (χ1v) is 11.7. The van der Waals surface area contributed by atoms with E-state index in [0.29, 0.717) is 33.3 Å². The van der Waals surface area contributed by atoms with E-state index in [1.165, 1.54) is 48.5 Å². The maximum absolute atomic E-state index is 12.8. The van der Waals surface area contributed by atoms with Crippen LogP contribution in [0.15, 0.2) is 103 Å². The molecule has 0 saturated carbocycles. The molecular formula is C28H14N4O8. The standard InChI is InChI=1S/C28H14N4O8/c33-27-21-13-17(5-11-23(21)29-25(39-27)15-1-7-19(8-2-15)31(35)36)18-6-12-24-22(14-18)28(34)40-26(30-24)16-3-9-20(10-4-16)32(37)38/h1-14H. The minimum atomic E-state index is -0.644. The van der Waals surface area contributed by atoms with Gasteiger partial charge >= 0.3 is 11.3 Å². The molecule has 12 nitrogen and oxygen atoms in total. The fourth-order valence-electron chi connectivity index (χ4n) is 4.20. The first-order valence-electron chi connectivity index (χ1n) is 11.7. The van der Waals surface area contributed by atoms with Gasteiger partial charge in [-0.1, -0.05) is 12.1 Å². The monoisotopic (exact) mass is 534 g/mol. The number of fused-ring (bicyclic) bond motifs is 2. The fourth-order valence-corrected chi connectivity index (χ4v) is 4.20. The van der Waals surface area contributed by atoms with Gasteiger partial charge in [0.2, 0.25) is 11.8 Å². The third-order valence-corrected chi connectivity index (χ3v) is 6.24. The molecule has 0 spiro atoms. The van der Waals surface area contributed by atoms with Gasteiger partial charge in [-0.3, -0.25) is 20.2 Å². The molecule has 0 saturated heterocycles. The number of nitro groups is 2. The van der Waals surface area contributed by atoms with Gasteiger partial charge in [-0.05, 0) is 59.7 Å². The van der Waals surface area contributed by atoms with Crippen molar-refractivity contribution in [3.8, 4) is 34.0 Å². The van der Waals surface area contributed by atoms with E-state index in [-0.39, 0.29) is 33.9 Å². The summed E-state index contributed by atoms with van der Waals surface area (Å²) in [6.07, 6.45) is 0. The lowest BCUT2D eigenvalue weighted by atomic mass is 10.0. The number of hydrogen-bond donors (Lipinski definition) is 0. The summed E-state index contributed by atoms with van der Waals surface area (Å²) in [5, 5.41) is 22.2. The summed E-state index contributed by atoms with van der Waals surface area (Å²) < 4.78 is 10.8. The highest BCUT2D eigenvalue weighted by atomic mass is 16.6. The van der Waals surface area contributed by atoms with Gasteiger partial charge in [-0.2, -0.15) is 0 Å². The van der Waals surface area contributed by atoms with Crippen LogP contribution in [0.3, 0.4) is 0 Å². The van der Waals surface area contributed by atoms with Crippen LogP contribution in [0, 0.1) is 20.2 Å². The van der Waals surface area contributed by atoms with Crippen LogP contribution in [0.25, 0.3) is 55.8 Å². The third-order valence-electron chi connectivity index (χ3n) is 6.24. The fraction of sp³-hybridized carbons (Fsp3) is 0. The molecular weight excluding hydrogens is 520 g/mol. The first kappa shape index (κ1) is 24.3. The predicted molar refractivity (Wildman–Crippen MR) is 144 cm³/mol. The van der Waals surface area contributed by atoms with E-state index in [0.717, 1.165) is 0 Å². The van der Waals surface area contributed by atoms with Gasteiger partial charge in [0.05, 0.1) is 31.7 Å². The molecule has 6 aromatic rings. The summed E-state index contributed by atoms with van der Waals surface area (Å²) in [6.45, 7) is 0. The van der Waals surface area contributed by atoms with Crippen molar-refractivity contribution in [2.45, 2.75) is 0 Å². The molecule has 2 aromatic heterocycles. The Hall–Kier alpha value is -6.04. The van der Waals surface area contributed by atoms with Crippen molar-refractivity contribution in [1.29, 1.82) is 0 Å². The average Bonchev–Trinajstić information content (AvgIpc) is 2.97. The van der Waals surface area contributed by atoms with Crippen molar-refractivity contribution in [3.63, 3.8) is 0 Å². The summed E-state index contributed by atoms with van der Waals surface area (Å²) in [5.74, 6) is 0.0525. The van der Waals surface area contributed by atoms with E-state index >= 15 is 0 Å². The van der Waals surface area contributed by atoms with Crippen LogP contribution in [0.4, 0.5) is 11.4 Å². The quantitative estimate of drug-likeness (QED) is 0.203. The van der Waals surface area contributed by atoms with Crippen molar-refractivity contribution >= 4 is 33.2 Å². The zero-order valence-electron chi connectivity index (χ0n) is 20.1. The molecule has 0 aliphatic heterocycles. The van der Waals surface area contributed by atoms with E-state index in [1.54, 1.807) is 36.4 Å². The van der Waals surface area contributed by atoms with Gasteiger partial charge in [0, 0.05) is 35.4 Å². The molecule has 0 aliphatic rings. The van der Waals surface area contributed by atoms with Crippen LogP contribution in [-0.2, 0) is 0 Å². The minimum absolute atomic E-state index is 0.0263. The number of nitro benzene ring substituents is 2. The molecule has 40 heavy (non-hydrogen) atoms. The Morgan fingerprint density at radius 1 is 0.525 bits per heavy atom. The summed E-state index contributed by atoms with van der Waals surface area (Å²) in [6, 6.07) is 20.9. The number of nitrogens with zero attached hydrogens (tertiary/aromatic N) is 4. The van der Waals surface area contributed by atoms with Crippen LogP contribution in [0.2, 0.25) is 0 Å². The van der Waals surface area contributed by atoms with Crippen LogP contribution >= 0.6 is 0 Å². The molecule has 0 radical (unpaired) electrons.